The van der Waals surface area contributed by atoms with Crippen LogP contribution in [0.1, 0.15) is 15.9 Å². The van der Waals surface area contributed by atoms with E-state index in [1.54, 1.807) is 12.4 Å². The zero-order valence-electron chi connectivity index (χ0n) is 11.1. The van der Waals surface area contributed by atoms with E-state index >= 15 is 0 Å². The van der Waals surface area contributed by atoms with Gasteiger partial charge in [0, 0.05) is 43.8 Å². The minimum atomic E-state index is 0.0144. The molecule has 1 heterocycles. The number of hydrogen-bond acceptors (Lipinski definition) is 3. The maximum atomic E-state index is 12.6. The molecule has 96 valence electrons. The van der Waals surface area contributed by atoms with Gasteiger partial charge in [-0.3, -0.25) is 9.78 Å². The van der Waals surface area contributed by atoms with Gasteiger partial charge in [-0.2, -0.15) is 0 Å². The van der Waals surface area contributed by atoms with Gasteiger partial charge < -0.3 is 4.90 Å². The number of rotatable bonds is 4. The molecule has 3 nitrogen and oxygen atoms in total. The number of aromatic nitrogens is 1. The molecule has 2 aromatic rings. The average Bonchev–Trinajstić information content (AvgIpc) is 2.46. The Labute approximate surface area is 113 Å². The molecule has 0 N–H and O–H groups in total. The Hall–Kier alpha value is -2.42. The Morgan fingerprint density at radius 2 is 1.63 bits per heavy atom. The van der Waals surface area contributed by atoms with Crippen molar-refractivity contribution in [1.29, 1.82) is 0 Å². The molecule has 1 aromatic carbocycles. The van der Waals surface area contributed by atoms with Crippen molar-refractivity contribution in [2.45, 2.75) is 0 Å². The molecule has 0 saturated heterocycles. The first-order valence-electron chi connectivity index (χ1n) is 6.07. The third-order valence-corrected chi connectivity index (χ3v) is 2.66. The highest BCUT2D eigenvalue weighted by Gasteiger charge is 2.14. The second-order valence-electron chi connectivity index (χ2n) is 4.44. The summed E-state index contributed by atoms with van der Waals surface area (Å²) >= 11 is 0. The van der Waals surface area contributed by atoms with Crippen molar-refractivity contribution in [3.8, 4) is 0 Å². The quantitative estimate of drug-likeness (QED) is 0.619. The van der Waals surface area contributed by atoms with Gasteiger partial charge in [0.1, 0.15) is 0 Å². The highest BCUT2D eigenvalue weighted by molar-refractivity contribution is 6.28. The molecular formula is C16H16N2O. The van der Waals surface area contributed by atoms with Gasteiger partial charge >= 0.3 is 0 Å². The van der Waals surface area contributed by atoms with E-state index in [9.17, 15) is 4.79 Å². The summed E-state index contributed by atoms with van der Waals surface area (Å²) in [6.07, 6.45) is 5.22. The van der Waals surface area contributed by atoms with Crippen LogP contribution in [0.25, 0.3) is 5.57 Å². The molecule has 19 heavy (non-hydrogen) atoms. The van der Waals surface area contributed by atoms with Crippen LogP contribution in [-0.4, -0.2) is 29.8 Å². The molecule has 3 heteroatoms. The van der Waals surface area contributed by atoms with E-state index in [1.165, 1.54) is 0 Å². The molecule has 0 aliphatic rings. The monoisotopic (exact) mass is 252 g/mol. The number of carbonyl (C=O) groups excluding carboxylic acids is 1. The highest BCUT2D eigenvalue weighted by atomic mass is 16.1. The van der Waals surface area contributed by atoms with Gasteiger partial charge in [0.15, 0.2) is 5.78 Å². The van der Waals surface area contributed by atoms with Gasteiger partial charge in [0.05, 0.1) is 0 Å². The maximum Gasteiger partial charge on any atom is 0.195 e. The summed E-state index contributed by atoms with van der Waals surface area (Å²) in [5.41, 5.74) is 2.23. The zero-order chi connectivity index (χ0) is 13.7. The topological polar surface area (TPSA) is 33.2 Å². The SMILES string of the molecule is CN(C)/C=C(/C(=O)c1ccccc1)c1ccncc1. The molecule has 0 fully saturated rings. The van der Waals surface area contributed by atoms with E-state index < -0.39 is 0 Å². The zero-order valence-corrected chi connectivity index (χ0v) is 11.1. The summed E-state index contributed by atoms with van der Waals surface area (Å²) in [6.45, 7) is 0. The Morgan fingerprint density at radius 3 is 2.21 bits per heavy atom. The standard InChI is InChI=1S/C16H16N2O/c1-18(2)12-15(13-8-10-17-11-9-13)16(19)14-6-4-3-5-7-14/h3-12H,1-2H3/b15-12+. The van der Waals surface area contributed by atoms with Gasteiger partial charge in [0.2, 0.25) is 0 Å². The fraction of sp³-hybridized carbons (Fsp3) is 0.125. The molecule has 0 radical (unpaired) electrons. The lowest BCUT2D eigenvalue weighted by Crippen LogP contribution is -2.09. The molecule has 0 atom stereocenters. The summed E-state index contributed by atoms with van der Waals surface area (Å²) in [7, 11) is 3.80. The molecule has 0 amide bonds. The lowest BCUT2D eigenvalue weighted by Gasteiger charge is -2.11. The number of allylic oxidation sites excluding steroid dienone is 1. The third kappa shape index (κ3) is 3.28. The Kier molecular flexibility index (Phi) is 4.08. The largest absolute Gasteiger partial charge is 0.383 e. The van der Waals surface area contributed by atoms with Crippen LogP contribution < -0.4 is 0 Å². The van der Waals surface area contributed by atoms with E-state index in [0.717, 1.165) is 5.56 Å². The summed E-state index contributed by atoms with van der Waals surface area (Å²) < 4.78 is 0. The van der Waals surface area contributed by atoms with Crippen LogP contribution in [0.5, 0.6) is 0 Å². The van der Waals surface area contributed by atoms with Crippen molar-refractivity contribution in [3.63, 3.8) is 0 Å². The van der Waals surface area contributed by atoms with Crippen molar-refractivity contribution < 1.29 is 4.79 Å². The molecule has 0 spiro atoms. The smallest absolute Gasteiger partial charge is 0.195 e. The van der Waals surface area contributed by atoms with E-state index in [-0.39, 0.29) is 5.78 Å². The molecule has 0 bridgehead atoms. The van der Waals surface area contributed by atoms with E-state index in [0.29, 0.717) is 11.1 Å². The van der Waals surface area contributed by atoms with E-state index in [1.807, 2.05) is 67.7 Å². The molecular weight excluding hydrogens is 236 g/mol. The van der Waals surface area contributed by atoms with Crippen LogP contribution in [0.2, 0.25) is 0 Å². The second-order valence-corrected chi connectivity index (χ2v) is 4.44. The number of nitrogens with zero attached hydrogens (tertiary/aromatic N) is 2. The highest BCUT2D eigenvalue weighted by Crippen LogP contribution is 2.19. The van der Waals surface area contributed by atoms with Gasteiger partial charge in [0.25, 0.3) is 0 Å². The lowest BCUT2D eigenvalue weighted by molar-refractivity contribution is 0.105. The van der Waals surface area contributed by atoms with Crippen molar-refractivity contribution in [2.24, 2.45) is 0 Å². The van der Waals surface area contributed by atoms with Crippen LogP contribution in [0, 0.1) is 0 Å². The number of hydrogen-bond donors (Lipinski definition) is 0. The van der Waals surface area contributed by atoms with Crippen molar-refractivity contribution >= 4 is 11.4 Å². The maximum absolute atomic E-state index is 12.6. The van der Waals surface area contributed by atoms with Gasteiger partial charge in [-0.25, -0.2) is 0 Å². The fourth-order valence-electron chi connectivity index (χ4n) is 1.80. The van der Waals surface area contributed by atoms with E-state index in [4.69, 9.17) is 0 Å². The number of ketones is 1. The molecule has 1 aromatic heterocycles. The van der Waals surface area contributed by atoms with Gasteiger partial charge in [-0.15, -0.1) is 0 Å². The van der Waals surface area contributed by atoms with Crippen LogP contribution >= 0.6 is 0 Å². The van der Waals surface area contributed by atoms with Gasteiger partial charge in [-0.05, 0) is 17.7 Å². The van der Waals surface area contributed by atoms with E-state index in [2.05, 4.69) is 4.98 Å². The number of benzene rings is 1. The van der Waals surface area contributed by atoms with Crippen LogP contribution in [0.4, 0.5) is 0 Å². The summed E-state index contributed by atoms with van der Waals surface area (Å²) in [5.74, 6) is 0.0144. The van der Waals surface area contributed by atoms with Crippen LogP contribution in [0.3, 0.4) is 0 Å². The summed E-state index contributed by atoms with van der Waals surface area (Å²) in [6, 6.07) is 13.0. The van der Waals surface area contributed by atoms with Crippen LogP contribution in [-0.2, 0) is 0 Å². The normalized spacial score (nSPS) is 11.2. The first-order valence-corrected chi connectivity index (χ1v) is 6.07. The first kappa shape index (κ1) is 13.0. The predicted octanol–water partition coefficient (Wildman–Crippen LogP) is 2.87. The first-order chi connectivity index (χ1) is 9.18. The fourth-order valence-corrected chi connectivity index (χ4v) is 1.80. The molecule has 0 aliphatic heterocycles. The molecule has 0 unspecified atom stereocenters. The predicted molar refractivity (Wildman–Crippen MR) is 76.7 cm³/mol. The Morgan fingerprint density at radius 1 is 1.00 bits per heavy atom. The van der Waals surface area contributed by atoms with Crippen LogP contribution in [0.15, 0.2) is 61.1 Å². The minimum absolute atomic E-state index is 0.0144. The minimum Gasteiger partial charge on any atom is -0.383 e. The lowest BCUT2D eigenvalue weighted by atomic mass is 9.98. The van der Waals surface area contributed by atoms with Gasteiger partial charge in [-0.1, -0.05) is 30.3 Å². The van der Waals surface area contributed by atoms with Crippen molar-refractivity contribution in [2.75, 3.05) is 14.1 Å². The molecule has 2 rings (SSSR count). The molecule has 0 saturated carbocycles. The Bertz CT molecular complexity index is 574. The van der Waals surface area contributed by atoms with Crippen molar-refractivity contribution in [1.82, 2.24) is 9.88 Å². The number of carbonyl (C=O) groups is 1. The number of Topliss-reactive ketones (excluding diaryl/α,β-unsaturated/α-hetero) is 1. The summed E-state index contributed by atoms with van der Waals surface area (Å²) in [5, 5.41) is 0. The molecule has 0 aliphatic carbocycles. The summed E-state index contributed by atoms with van der Waals surface area (Å²) in [4.78, 5) is 18.4. The Balaban J connectivity index is 2.43. The number of pyridine rings is 1. The second kappa shape index (κ2) is 5.96. The van der Waals surface area contributed by atoms with Crippen molar-refractivity contribution in [3.05, 3.63) is 72.2 Å². The average molecular weight is 252 g/mol. The third-order valence-electron chi connectivity index (χ3n) is 2.66.